The van der Waals surface area contributed by atoms with Gasteiger partial charge in [0.2, 0.25) is 0 Å². The maximum Gasteiger partial charge on any atom is 0.337 e. The number of carboxylic acids is 1. The standard InChI is InChI=1S/C15H18N2O2/c1-3-5-10-8-13(10)17-9(2)16-12-7-4-6-11(14(12)17)15(18)19/h4,6-7,10,13H,3,5,8H2,1-2H3,(H,18,19). The van der Waals surface area contributed by atoms with Gasteiger partial charge in [-0.1, -0.05) is 19.4 Å². The summed E-state index contributed by atoms with van der Waals surface area (Å²) in [5, 5.41) is 9.35. The molecule has 0 radical (unpaired) electrons. The Morgan fingerprint density at radius 2 is 2.32 bits per heavy atom. The quantitative estimate of drug-likeness (QED) is 0.914. The second-order valence-corrected chi connectivity index (χ2v) is 5.36. The predicted octanol–water partition coefficient (Wildman–Crippen LogP) is 3.40. The first-order chi connectivity index (χ1) is 9.13. The van der Waals surface area contributed by atoms with Crippen molar-refractivity contribution >= 4 is 17.0 Å². The van der Waals surface area contributed by atoms with Crippen LogP contribution in [0.2, 0.25) is 0 Å². The molecule has 1 aromatic carbocycles. The van der Waals surface area contributed by atoms with E-state index in [1.54, 1.807) is 12.1 Å². The van der Waals surface area contributed by atoms with Crippen LogP contribution in [0.3, 0.4) is 0 Å². The van der Waals surface area contributed by atoms with Crippen molar-refractivity contribution in [2.45, 2.75) is 39.2 Å². The lowest BCUT2D eigenvalue weighted by atomic mass is 10.2. The summed E-state index contributed by atoms with van der Waals surface area (Å²) in [4.78, 5) is 15.9. The van der Waals surface area contributed by atoms with Crippen molar-refractivity contribution in [2.75, 3.05) is 0 Å². The lowest BCUT2D eigenvalue weighted by Gasteiger charge is -2.08. The van der Waals surface area contributed by atoms with Gasteiger partial charge >= 0.3 is 5.97 Å². The highest BCUT2D eigenvalue weighted by atomic mass is 16.4. The zero-order valence-corrected chi connectivity index (χ0v) is 11.3. The number of carbonyl (C=O) groups is 1. The Morgan fingerprint density at radius 1 is 1.53 bits per heavy atom. The number of imidazole rings is 1. The molecule has 1 heterocycles. The minimum atomic E-state index is -0.876. The topological polar surface area (TPSA) is 55.1 Å². The van der Waals surface area contributed by atoms with E-state index in [2.05, 4.69) is 16.5 Å². The van der Waals surface area contributed by atoms with E-state index in [0.717, 1.165) is 23.3 Å². The van der Waals surface area contributed by atoms with Gasteiger partial charge in [-0.2, -0.15) is 0 Å². The minimum Gasteiger partial charge on any atom is -0.478 e. The molecule has 2 unspecified atom stereocenters. The summed E-state index contributed by atoms with van der Waals surface area (Å²) >= 11 is 0. The zero-order chi connectivity index (χ0) is 13.6. The fraction of sp³-hybridized carbons (Fsp3) is 0.467. The number of aromatic carboxylic acids is 1. The van der Waals surface area contributed by atoms with Gasteiger partial charge < -0.3 is 9.67 Å². The molecule has 0 amide bonds. The van der Waals surface area contributed by atoms with Crippen molar-refractivity contribution in [1.29, 1.82) is 0 Å². The summed E-state index contributed by atoms with van der Waals surface area (Å²) in [7, 11) is 0. The van der Waals surface area contributed by atoms with E-state index in [1.807, 2.05) is 13.0 Å². The molecule has 0 spiro atoms. The third-order valence-corrected chi connectivity index (χ3v) is 3.99. The summed E-state index contributed by atoms with van der Waals surface area (Å²) in [5.74, 6) is 0.731. The molecular weight excluding hydrogens is 240 g/mol. The number of carboxylic acid groups (broad SMARTS) is 1. The van der Waals surface area contributed by atoms with Gasteiger partial charge in [-0.25, -0.2) is 9.78 Å². The van der Waals surface area contributed by atoms with Crippen LogP contribution < -0.4 is 0 Å². The average Bonchev–Trinajstić information content (AvgIpc) is 3.02. The first kappa shape index (κ1) is 12.2. The molecule has 1 saturated carbocycles. The van der Waals surface area contributed by atoms with Crippen molar-refractivity contribution in [1.82, 2.24) is 9.55 Å². The molecule has 0 aliphatic heterocycles. The van der Waals surface area contributed by atoms with E-state index in [1.165, 1.54) is 12.8 Å². The molecule has 1 aliphatic rings. The van der Waals surface area contributed by atoms with E-state index in [-0.39, 0.29) is 0 Å². The van der Waals surface area contributed by atoms with Gasteiger partial charge in [0.05, 0.1) is 16.6 Å². The van der Waals surface area contributed by atoms with Crippen LogP contribution >= 0.6 is 0 Å². The fourth-order valence-electron chi connectivity index (χ4n) is 3.07. The Kier molecular flexibility index (Phi) is 2.81. The molecule has 0 saturated heterocycles. The van der Waals surface area contributed by atoms with Crippen LogP contribution in [0.15, 0.2) is 18.2 Å². The number of aryl methyl sites for hydroxylation is 1. The molecule has 1 aliphatic carbocycles. The molecule has 2 atom stereocenters. The van der Waals surface area contributed by atoms with Crippen LogP contribution in [0.5, 0.6) is 0 Å². The average molecular weight is 258 g/mol. The number of hydrogen-bond donors (Lipinski definition) is 1. The van der Waals surface area contributed by atoms with Crippen molar-refractivity contribution in [3.05, 3.63) is 29.6 Å². The molecule has 1 aromatic heterocycles. The molecule has 0 bridgehead atoms. The predicted molar refractivity (Wildman–Crippen MR) is 73.5 cm³/mol. The number of benzene rings is 1. The van der Waals surface area contributed by atoms with Crippen molar-refractivity contribution < 1.29 is 9.90 Å². The smallest absolute Gasteiger partial charge is 0.337 e. The molecular formula is C15H18N2O2. The Hall–Kier alpha value is -1.84. The normalized spacial score (nSPS) is 21.8. The first-order valence-corrected chi connectivity index (χ1v) is 6.84. The van der Waals surface area contributed by atoms with E-state index in [4.69, 9.17) is 0 Å². The summed E-state index contributed by atoms with van der Waals surface area (Å²) in [5.41, 5.74) is 1.94. The highest BCUT2D eigenvalue weighted by Gasteiger charge is 2.39. The lowest BCUT2D eigenvalue weighted by Crippen LogP contribution is -2.04. The molecule has 19 heavy (non-hydrogen) atoms. The molecule has 100 valence electrons. The van der Waals surface area contributed by atoms with E-state index in [9.17, 15) is 9.90 Å². The van der Waals surface area contributed by atoms with Crippen molar-refractivity contribution in [3.8, 4) is 0 Å². The molecule has 4 nitrogen and oxygen atoms in total. The Balaban J connectivity index is 2.13. The molecule has 3 rings (SSSR count). The number of para-hydroxylation sites is 1. The summed E-state index contributed by atoms with van der Waals surface area (Å²) in [6.45, 7) is 4.16. The second kappa shape index (κ2) is 4.37. The molecule has 2 aromatic rings. The van der Waals surface area contributed by atoms with Gasteiger partial charge in [0.15, 0.2) is 0 Å². The first-order valence-electron chi connectivity index (χ1n) is 6.84. The van der Waals surface area contributed by atoms with Gasteiger partial charge in [-0.05, 0) is 37.8 Å². The largest absolute Gasteiger partial charge is 0.478 e. The highest BCUT2D eigenvalue weighted by molar-refractivity contribution is 6.01. The van der Waals surface area contributed by atoms with Crippen LogP contribution in [-0.4, -0.2) is 20.6 Å². The maximum atomic E-state index is 11.4. The van der Waals surface area contributed by atoms with Crippen molar-refractivity contribution in [3.63, 3.8) is 0 Å². The summed E-state index contributed by atoms with van der Waals surface area (Å²) in [6.07, 6.45) is 3.53. The third kappa shape index (κ3) is 1.91. The lowest BCUT2D eigenvalue weighted by molar-refractivity contribution is 0.0698. The van der Waals surface area contributed by atoms with Crippen molar-refractivity contribution in [2.24, 2.45) is 5.92 Å². The number of rotatable bonds is 4. The fourth-order valence-corrected chi connectivity index (χ4v) is 3.07. The Bertz CT molecular complexity index is 645. The van der Waals surface area contributed by atoms with Gasteiger partial charge in [0.1, 0.15) is 5.82 Å². The van der Waals surface area contributed by atoms with E-state index in [0.29, 0.717) is 17.5 Å². The maximum absolute atomic E-state index is 11.4. The van der Waals surface area contributed by atoms with Gasteiger partial charge in [0, 0.05) is 6.04 Å². The van der Waals surface area contributed by atoms with E-state index < -0.39 is 5.97 Å². The minimum absolute atomic E-state index is 0.361. The number of nitrogens with zero attached hydrogens (tertiary/aromatic N) is 2. The monoisotopic (exact) mass is 258 g/mol. The van der Waals surface area contributed by atoms with Crippen LogP contribution in [-0.2, 0) is 0 Å². The summed E-state index contributed by atoms with van der Waals surface area (Å²) in [6, 6.07) is 5.76. The number of fused-ring (bicyclic) bond motifs is 1. The zero-order valence-electron chi connectivity index (χ0n) is 11.3. The van der Waals surface area contributed by atoms with Crippen LogP contribution in [0.25, 0.3) is 11.0 Å². The van der Waals surface area contributed by atoms with Gasteiger partial charge in [0.25, 0.3) is 0 Å². The number of aromatic nitrogens is 2. The van der Waals surface area contributed by atoms with E-state index >= 15 is 0 Å². The third-order valence-electron chi connectivity index (χ3n) is 3.99. The Morgan fingerprint density at radius 3 is 3.00 bits per heavy atom. The molecule has 4 heteroatoms. The second-order valence-electron chi connectivity index (χ2n) is 5.36. The SMILES string of the molecule is CCCC1CC1n1c(C)nc2cccc(C(=O)O)c21. The molecule has 1 fully saturated rings. The Labute approximate surface area is 112 Å². The van der Waals surface area contributed by atoms with Crippen LogP contribution in [0, 0.1) is 12.8 Å². The highest BCUT2D eigenvalue weighted by Crippen LogP contribution is 2.48. The molecule has 1 N–H and O–H groups in total. The van der Waals surface area contributed by atoms with Gasteiger partial charge in [-0.3, -0.25) is 0 Å². The summed E-state index contributed by atoms with van der Waals surface area (Å²) < 4.78 is 2.14. The van der Waals surface area contributed by atoms with Crippen LogP contribution in [0.4, 0.5) is 0 Å². The number of hydrogen-bond acceptors (Lipinski definition) is 2. The van der Waals surface area contributed by atoms with Gasteiger partial charge in [-0.15, -0.1) is 0 Å². The van der Waals surface area contributed by atoms with Crippen LogP contribution in [0.1, 0.15) is 48.4 Å².